The first-order valence-electron chi connectivity index (χ1n) is 5.60. The molecule has 92 valence electrons. The van der Waals surface area contributed by atoms with E-state index in [0.29, 0.717) is 18.3 Å². The zero-order chi connectivity index (χ0) is 12.4. The van der Waals surface area contributed by atoms with Crippen LogP contribution in [0.4, 0.5) is 11.5 Å². The van der Waals surface area contributed by atoms with Crippen molar-refractivity contribution in [2.75, 3.05) is 11.9 Å². The molecule has 0 amide bonds. The van der Waals surface area contributed by atoms with Crippen LogP contribution in [0.25, 0.3) is 0 Å². The Bertz CT molecular complexity index is 430. The van der Waals surface area contributed by atoms with Crippen molar-refractivity contribution >= 4 is 11.5 Å². The number of anilines is 1. The summed E-state index contributed by atoms with van der Waals surface area (Å²) in [4.78, 5) is 14.5. The van der Waals surface area contributed by atoms with Crippen LogP contribution in [-0.2, 0) is 0 Å². The maximum Gasteiger partial charge on any atom is 0.311 e. The first-order chi connectivity index (χ1) is 8.06. The van der Waals surface area contributed by atoms with Crippen LogP contribution >= 0.6 is 0 Å². The van der Waals surface area contributed by atoms with E-state index in [1.165, 1.54) is 6.07 Å². The first-order valence-corrected chi connectivity index (χ1v) is 5.60. The molecule has 0 radical (unpaired) electrons. The van der Waals surface area contributed by atoms with Gasteiger partial charge in [-0.1, -0.05) is 0 Å². The number of hydrogen-bond acceptors (Lipinski definition) is 5. The highest BCUT2D eigenvalue weighted by atomic mass is 16.6. The van der Waals surface area contributed by atoms with E-state index in [1.807, 2.05) is 0 Å². The second-order valence-corrected chi connectivity index (χ2v) is 4.45. The molecule has 1 fully saturated rings. The molecule has 2 rings (SSSR count). The van der Waals surface area contributed by atoms with Gasteiger partial charge < -0.3 is 10.4 Å². The number of rotatable bonds is 4. The van der Waals surface area contributed by atoms with E-state index < -0.39 is 4.92 Å². The largest absolute Gasteiger partial charge is 0.393 e. The summed E-state index contributed by atoms with van der Waals surface area (Å²) in [6.07, 6.45) is 1.31. The smallest absolute Gasteiger partial charge is 0.311 e. The van der Waals surface area contributed by atoms with E-state index >= 15 is 0 Å². The molecule has 0 aromatic carbocycles. The van der Waals surface area contributed by atoms with Crippen molar-refractivity contribution in [2.24, 2.45) is 5.92 Å². The third-order valence-electron chi connectivity index (χ3n) is 2.98. The van der Waals surface area contributed by atoms with Crippen molar-refractivity contribution in [3.8, 4) is 0 Å². The summed E-state index contributed by atoms with van der Waals surface area (Å²) in [6.45, 7) is 2.41. The second-order valence-electron chi connectivity index (χ2n) is 4.45. The highest BCUT2D eigenvalue weighted by Crippen LogP contribution is 2.28. The maximum absolute atomic E-state index is 10.8. The van der Waals surface area contributed by atoms with E-state index in [9.17, 15) is 10.1 Å². The molecular weight excluding hydrogens is 222 g/mol. The summed E-state index contributed by atoms with van der Waals surface area (Å²) >= 11 is 0. The number of pyridine rings is 1. The Balaban J connectivity index is 2.03. The number of hydrogen-bond donors (Lipinski definition) is 2. The molecule has 0 saturated heterocycles. The molecule has 1 aliphatic carbocycles. The van der Waals surface area contributed by atoms with Crippen molar-refractivity contribution in [1.29, 1.82) is 0 Å². The predicted octanol–water partition coefficient (Wildman–Crippen LogP) is 1.48. The molecule has 17 heavy (non-hydrogen) atoms. The average molecular weight is 237 g/mol. The lowest BCUT2D eigenvalue weighted by Crippen LogP contribution is -2.33. The molecule has 1 aromatic rings. The lowest BCUT2D eigenvalue weighted by molar-refractivity contribution is -0.384. The highest BCUT2D eigenvalue weighted by Gasteiger charge is 2.27. The third-order valence-corrected chi connectivity index (χ3v) is 2.98. The quantitative estimate of drug-likeness (QED) is 0.611. The van der Waals surface area contributed by atoms with E-state index in [4.69, 9.17) is 5.11 Å². The van der Waals surface area contributed by atoms with Crippen LogP contribution in [0.3, 0.4) is 0 Å². The number of aryl methyl sites for hydroxylation is 1. The second kappa shape index (κ2) is 4.67. The number of aromatic nitrogens is 1. The Hall–Kier alpha value is -1.69. The fourth-order valence-electron chi connectivity index (χ4n) is 1.93. The van der Waals surface area contributed by atoms with Crippen LogP contribution in [0.1, 0.15) is 18.5 Å². The van der Waals surface area contributed by atoms with Crippen LogP contribution in [0.2, 0.25) is 0 Å². The molecule has 1 aliphatic rings. The lowest BCUT2D eigenvalue weighted by atomic mass is 9.82. The topological polar surface area (TPSA) is 88.3 Å². The minimum Gasteiger partial charge on any atom is -0.393 e. The van der Waals surface area contributed by atoms with Gasteiger partial charge >= 0.3 is 5.69 Å². The Morgan fingerprint density at radius 1 is 1.59 bits per heavy atom. The lowest BCUT2D eigenvalue weighted by Gasteiger charge is -2.31. The number of nitrogens with one attached hydrogen (secondary N) is 1. The fraction of sp³-hybridized carbons (Fsp3) is 0.545. The number of aliphatic hydroxyl groups is 1. The van der Waals surface area contributed by atoms with Crippen LogP contribution in [0, 0.1) is 23.0 Å². The number of nitrogens with zero attached hydrogens (tertiary/aromatic N) is 2. The normalized spacial score (nSPS) is 22.9. The Kier molecular flexibility index (Phi) is 3.23. The molecular formula is C11H15N3O3. The van der Waals surface area contributed by atoms with Crippen LogP contribution < -0.4 is 5.32 Å². The molecule has 6 nitrogen and oxygen atoms in total. The van der Waals surface area contributed by atoms with Crippen molar-refractivity contribution in [3.63, 3.8) is 0 Å². The van der Waals surface area contributed by atoms with Gasteiger partial charge in [0.2, 0.25) is 5.82 Å². The highest BCUT2D eigenvalue weighted by molar-refractivity contribution is 5.56. The SMILES string of the molecule is Cc1ccc([N+](=O)[O-])c(NCC2CC(O)C2)n1. The maximum atomic E-state index is 10.8. The minimum absolute atomic E-state index is 0.00419. The molecule has 1 aromatic heterocycles. The van der Waals surface area contributed by atoms with Gasteiger partial charge in [-0.25, -0.2) is 4.98 Å². The third kappa shape index (κ3) is 2.71. The monoisotopic (exact) mass is 237 g/mol. The fourth-order valence-corrected chi connectivity index (χ4v) is 1.93. The molecule has 2 N–H and O–H groups in total. The molecule has 0 atom stereocenters. The number of nitro groups is 1. The van der Waals surface area contributed by atoms with Crippen LogP contribution in [0.5, 0.6) is 0 Å². The van der Waals surface area contributed by atoms with Gasteiger partial charge in [-0.2, -0.15) is 0 Å². The van der Waals surface area contributed by atoms with Gasteiger partial charge in [0.25, 0.3) is 0 Å². The molecule has 1 heterocycles. The predicted molar refractivity (Wildman–Crippen MR) is 62.8 cm³/mol. The van der Waals surface area contributed by atoms with Gasteiger partial charge in [-0.15, -0.1) is 0 Å². The summed E-state index contributed by atoms with van der Waals surface area (Å²) in [5.74, 6) is 0.698. The van der Waals surface area contributed by atoms with Crippen LogP contribution in [0.15, 0.2) is 12.1 Å². The molecule has 0 bridgehead atoms. The van der Waals surface area contributed by atoms with Crippen molar-refractivity contribution in [1.82, 2.24) is 4.98 Å². The van der Waals surface area contributed by atoms with Crippen molar-refractivity contribution in [3.05, 3.63) is 27.9 Å². The zero-order valence-corrected chi connectivity index (χ0v) is 9.59. The summed E-state index contributed by atoms with van der Waals surface area (Å²) in [5.41, 5.74) is 0.738. The molecule has 0 spiro atoms. The van der Waals surface area contributed by atoms with Crippen molar-refractivity contribution < 1.29 is 10.0 Å². The molecule has 0 aliphatic heterocycles. The molecule has 1 saturated carbocycles. The summed E-state index contributed by atoms with van der Waals surface area (Å²) in [6, 6.07) is 3.08. The summed E-state index contributed by atoms with van der Waals surface area (Å²) in [5, 5.41) is 22.9. The van der Waals surface area contributed by atoms with E-state index in [0.717, 1.165) is 18.5 Å². The van der Waals surface area contributed by atoms with Crippen LogP contribution in [-0.4, -0.2) is 27.7 Å². The van der Waals surface area contributed by atoms with Gasteiger partial charge in [-0.3, -0.25) is 10.1 Å². The summed E-state index contributed by atoms with van der Waals surface area (Å²) < 4.78 is 0. The van der Waals surface area contributed by atoms with Gasteiger partial charge in [0.05, 0.1) is 11.0 Å². The van der Waals surface area contributed by atoms with E-state index in [-0.39, 0.29) is 11.8 Å². The Morgan fingerprint density at radius 2 is 2.29 bits per heavy atom. The molecule has 6 heteroatoms. The molecule has 0 unspecified atom stereocenters. The van der Waals surface area contributed by atoms with Crippen molar-refractivity contribution in [2.45, 2.75) is 25.9 Å². The minimum atomic E-state index is -0.440. The number of aliphatic hydroxyl groups excluding tert-OH is 1. The van der Waals surface area contributed by atoms with E-state index in [2.05, 4.69) is 10.3 Å². The van der Waals surface area contributed by atoms with Gasteiger partial charge in [0, 0.05) is 18.3 Å². The Labute approximate surface area is 98.8 Å². The van der Waals surface area contributed by atoms with Gasteiger partial charge in [0.15, 0.2) is 0 Å². The van der Waals surface area contributed by atoms with Gasteiger partial charge in [0.1, 0.15) is 0 Å². The summed E-state index contributed by atoms with van der Waals surface area (Å²) in [7, 11) is 0. The van der Waals surface area contributed by atoms with Gasteiger partial charge in [-0.05, 0) is 31.7 Å². The zero-order valence-electron chi connectivity index (χ0n) is 9.59. The Morgan fingerprint density at radius 3 is 2.88 bits per heavy atom. The first kappa shape index (κ1) is 11.8. The van der Waals surface area contributed by atoms with E-state index in [1.54, 1.807) is 13.0 Å². The standard InChI is InChI=1S/C11H15N3O3/c1-7-2-3-10(14(16)17)11(13-7)12-6-8-4-9(15)5-8/h2-3,8-9,15H,4-6H2,1H3,(H,12,13). The average Bonchev–Trinajstić information content (AvgIpc) is 2.22.